The molecular weight excluding hydrogens is 260 g/mol. The standard InChI is InChI=1S/C19H36O2/c1-13(2)12-17(14(3)4)18(20)21-19(6,7)16-10-8-15(5)9-11-16/h13-17H,8-12H2,1-7H3. The van der Waals surface area contributed by atoms with Crippen LogP contribution in [-0.4, -0.2) is 11.6 Å². The second kappa shape index (κ2) is 7.65. The SMILES string of the molecule is CC(C)CC(C(=O)OC(C)(C)C1CCC(C)CC1)C(C)C. The summed E-state index contributed by atoms with van der Waals surface area (Å²) in [6.07, 6.45) is 5.85. The van der Waals surface area contributed by atoms with Gasteiger partial charge in [0.15, 0.2) is 0 Å². The average Bonchev–Trinajstić information content (AvgIpc) is 2.35. The smallest absolute Gasteiger partial charge is 0.309 e. The molecule has 0 bridgehead atoms. The number of carbonyl (C=O) groups is 1. The second-order valence-electron chi connectivity index (χ2n) is 8.46. The predicted octanol–water partition coefficient (Wildman–Crippen LogP) is 5.45. The Hall–Kier alpha value is -0.530. The molecule has 0 heterocycles. The minimum atomic E-state index is -0.318. The molecule has 21 heavy (non-hydrogen) atoms. The van der Waals surface area contributed by atoms with Crippen LogP contribution in [0.5, 0.6) is 0 Å². The first-order chi connectivity index (χ1) is 9.63. The van der Waals surface area contributed by atoms with Gasteiger partial charge >= 0.3 is 5.97 Å². The Labute approximate surface area is 132 Å². The summed E-state index contributed by atoms with van der Waals surface area (Å²) in [7, 11) is 0. The number of ether oxygens (including phenoxy) is 1. The summed E-state index contributed by atoms with van der Waals surface area (Å²) in [5.41, 5.74) is -0.318. The Kier molecular flexibility index (Phi) is 6.74. The zero-order valence-corrected chi connectivity index (χ0v) is 15.2. The van der Waals surface area contributed by atoms with Crippen molar-refractivity contribution in [2.45, 2.75) is 86.2 Å². The van der Waals surface area contributed by atoms with Crippen molar-refractivity contribution in [3.63, 3.8) is 0 Å². The van der Waals surface area contributed by atoms with Gasteiger partial charge in [-0.25, -0.2) is 0 Å². The van der Waals surface area contributed by atoms with Crippen molar-refractivity contribution in [2.75, 3.05) is 0 Å². The fraction of sp³-hybridized carbons (Fsp3) is 0.947. The molecule has 1 fully saturated rings. The number of hydrogen-bond acceptors (Lipinski definition) is 2. The molecule has 0 amide bonds. The van der Waals surface area contributed by atoms with Gasteiger partial charge in [0.1, 0.15) is 5.60 Å². The fourth-order valence-corrected chi connectivity index (χ4v) is 3.52. The van der Waals surface area contributed by atoms with Gasteiger partial charge in [0.05, 0.1) is 5.92 Å². The highest BCUT2D eigenvalue weighted by Gasteiger charge is 2.37. The van der Waals surface area contributed by atoms with Crippen molar-refractivity contribution in [1.29, 1.82) is 0 Å². The van der Waals surface area contributed by atoms with Crippen molar-refractivity contribution in [3.8, 4) is 0 Å². The van der Waals surface area contributed by atoms with Gasteiger partial charge in [-0.2, -0.15) is 0 Å². The van der Waals surface area contributed by atoms with Crippen LogP contribution in [0.1, 0.15) is 80.6 Å². The zero-order valence-electron chi connectivity index (χ0n) is 15.2. The molecular formula is C19H36O2. The quantitative estimate of drug-likeness (QED) is 0.609. The summed E-state index contributed by atoms with van der Waals surface area (Å²) in [6.45, 7) is 15.2. The van der Waals surface area contributed by atoms with Gasteiger partial charge in [-0.3, -0.25) is 4.79 Å². The molecule has 2 heteroatoms. The first-order valence-electron chi connectivity index (χ1n) is 8.86. The van der Waals surface area contributed by atoms with Crippen LogP contribution in [0.4, 0.5) is 0 Å². The lowest BCUT2D eigenvalue weighted by molar-refractivity contribution is -0.170. The van der Waals surface area contributed by atoms with E-state index in [1.165, 1.54) is 25.7 Å². The van der Waals surface area contributed by atoms with E-state index in [2.05, 4.69) is 48.5 Å². The van der Waals surface area contributed by atoms with Gasteiger partial charge in [-0.05, 0) is 56.8 Å². The van der Waals surface area contributed by atoms with Crippen LogP contribution in [0.3, 0.4) is 0 Å². The topological polar surface area (TPSA) is 26.3 Å². The second-order valence-corrected chi connectivity index (χ2v) is 8.46. The highest BCUT2D eigenvalue weighted by atomic mass is 16.6. The van der Waals surface area contributed by atoms with Gasteiger partial charge in [0.2, 0.25) is 0 Å². The Balaban J connectivity index is 2.65. The van der Waals surface area contributed by atoms with E-state index in [1.54, 1.807) is 0 Å². The van der Waals surface area contributed by atoms with E-state index in [-0.39, 0.29) is 17.5 Å². The molecule has 0 N–H and O–H groups in total. The Morgan fingerprint density at radius 1 is 1.10 bits per heavy atom. The molecule has 0 radical (unpaired) electrons. The van der Waals surface area contributed by atoms with Gasteiger partial charge in [0.25, 0.3) is 0 Å². The predicted molar refractivity (Wildman–Crippen MR) is 89.1 cm³/mol. The van der Waals surface area contributed by atoms with Crippen molar-refractivity contribution in [3.05, 3.63) is 0 Å². The van der Waals surface area contributed by atoms with Crippen molar-refractivity contribution in [1.82, 2.24) is 0 Å². The monoisotopic (exact) mass is 296 g/mol. The molecule has 2 nitrogen and oxygen atoms in total. The molecule has 124 valence electrons. The van der Waals surface area contributed by atoms with E-state index < -0.39 is 0 Å². The molecule has 1 unspecified atom stereocenters. The van der Waals surface area contributed by atoms with Crippen LogP contribution in [0, 0.1) is 29.6 Å². The van der Waals surface area contributed by atoms with Gasteiger partial charge < -0.3 is 4.74 Å². The molecule has 1 saturated carbocycles. The molecule has 1 aliphatic carbocycles. The Morgan fingerprint density at radius 3 is 2.05 bits per heavy atom. The highest BCUT2D eigenvalue weighted by molar-refractivity contribution is 5.73. The van der Waals surface area contributed by atoms with E-state index in [9.17, 15) is 4.79 Å². The minimum Gasteiger partial charge on any atom is -0.459 e. The lowest BCUT2D eigenvalue weighted by Crippen LogP contribution is -2.41. The molecule has 0 aliphatic heterocycles. The fourth-order valence-electron chi connectivity index (χ4n) is 3.52. The summed E-state index contributed by atoms with van der Waals surface area (Å²) in [6, 6.07) is 0. The molecule has 1 aliphatic rings. The third kappa shape index (κ3) is 5.64. The summed E-state index contributed by atoms with van der Waals surface area (Å²) < 4.78 is 6.00. The lowest BCUT2D eigenvalue weighted by atomic mass is 9.75. The van der Waals surface area contributed by atoms with Crippen molar-refractivity contribution in [2.24, 2.45) is 29.6 Å². The maximum absolute atomic E-state index is 12.6. The van der Waals surface area contributed by atoms with E-state index in [0.29, 0.717) is 17.8 Å². The zero-order chi connectivity index (χ0) is 16.2. The summed E-state index contributed by atoms with van der Waals surface area (Å²) >= 11 is 0. The molecule has 1 rings (SSSR count). The van der Waals surface area contributed by atoms with E-state index in [4.69, 9.17) is 4.74 Å². The molecule has 0 aromatic carbocycles. The maximum Gasteiger partial charge on any atom is 0.309 e. The maximum atomic E-state index is 12.6. The molecule has 0 spiro atoms. The van der Waals surface area contributed by atoms with Gasteiger partial charge in [-0.1, -0.05) is 47.5 Å². The molecule has 0 aromatic rings. The average molecular weight is 296 g/mol. The summed E-state index contributed by atoms with van der Waals surface area (Å²) in [5.74, 6) is 2.28. The molecule has 1 atom stereocenters. The van der Waals surface area contributed by atoms with E-state index in [1.807, 2.05) is 0 Å². The molecule has 0 aromatic heterocycles. The minimum absolute atomic E-state index is 0.0160. The Bertz CT molecular complexity index is 322. The number of carbonyl (C=O) groups excluding carboxylic acids is 1. The third-order valence-electron chi connectivity index (χ3n) is 5.20. The van der Waals surface area contributed by atoms with Gasteiger partial charge in [0, 0.05) is 0 Å². The third-order valence-corrected chi connectivity index (χ3v) is 5.20. The van der Waals surface area contributed by atoms with Gasteiger partial charge in [-0.15, -0.1) is 0 Å². The van der Waals surface area contributed by atoms with Crippen LogP contribution in [0.15, 0.2) is 0 Å². The van der Waals surface area contributed by atoms with Crippen LogP contribution in [0.25, 0.3) is 0 Å². The lowest BCUT2D eigenvalue weighted by Gasteiger charge is -2.39. The Morgan fingerprint density at radius 2 is 1.62 bits per heavy atom. The first kappa shape index (κ1) is 18.5. The van der Waals surface area contributed by atoms with Crippen LogP contribution in [-0.2, 0) is 9.53 Å². The summed E-state index contributed by atoms with van der Waals surface area (Å²) in [5, 5.41) is 0. The van der Waals surface area contributed by atoms with E-state index in [0.717, 1.165) is 12.3 Å². The number of hydrogen-bond donors (Lipinski definition) is 0. The number of esters is 1. The van der Waals surface area contributed by atoms with Crippen LogP contribution in [0.2, 0.25) is 0 Å². The normalized spacial score (nSPS) is 25.2. The highest BCUT2D eigenvalue weighted by Crippen LogP contribution is 2.38. The van der Waals surface area contributed by atoms with Crippen molar-refractivity contribution < 1.29 is 9.53 Å². The van der Waals surface area contributed by atoms with Crippen LogP contribution >= 0.6 is 0 Å². The summed E-state index contributed by atoms with van der Waals surface area (Å²) in [4.78, 5) is 12.6. The van der Waals surface area contributed by atoms with Crippen LogP contribution < -0.4 is 0 Å². The van der Waals surface area contributed by atoms with E-state index >= 15 is 0 Å². The number of rotatable bonds is 6. The van der Waals surface area contributed by atoms with Crippen molar-refractivity contribution >= 4 is 5.97 Å². The molecule has 0 saturated heterocycles. The first-order valence-corrected chi connectivity index (χ1v) is 8.86. The largest absolute Gasteiger partial charge is 0.459 e.